The summed E-state index contributed by atoms with van der Waals surface area (Å²) in [6.07, 6.45) is -1.99. The average molecular weight is 416 g/mol. The van der Waals surface area contributed by atoms with E-state index in [9.17, 15) is 13.2 Å². The molecule has 3 heterocycles. The monoisotopic (exact) mass is 416 g/mol. The van der Waals surface area contributed by atoms with Gasteiger partial charge >= 0.3 is 6.18 Å². The second kappa shape index (κ2) is 7.28. The summed E-state index contributed by atoms with van der Waals surface area (Å²) in [5.74, 6) is 0.391. The van der Waals surface area contributed by atoms with Gasteiger partial charge in [0.1, 0.15) is 17.5 Å². The van der Waals surface area contributed by atoms with Crippen molar-refractivity contribution in [3.63, 3.8) is 0 Å². The van der Waals surface area contributed by atoms with Crippen LogP contribution >= 0.6 is 11.3 Å². The molecule has 148 valence electrons. The molecule has 0 aliphatic heterocycles. The van der Waals surface area contributed by atoms with Gasteiger partial charge in [0.2, 0.25) is 0 Å². The first-order valence-electron chi connectivity index (χ1n) is 8.56. The number of thiazole rings is 1. The summed E-state index contributed by atoms with van der Waals surface area (Å²) >= 11 is 1.36. The van der Waals surface area contributed by atoms with Gasteiger partial charge in [0.15, 0.2) is 15.8 Å². The summed E-state index contributed by atoms with van der Waals surface area (Å²) in [6.45, 7) is 4.01. The van der Waals surface area contributed by atoms with Crippen molar-refractivity contribution in [2.75, 3.05) is 10.6 Å². The predicted molar refractivity (Wildman–Crippen MR) is 107 cm³/mol. The molecule has 0 radical (unpaired) electrons. The molecule has 0 amide bonds. The zero-order valence-electron chi connectivity index (χ0n) is 15.4. The lowest BCUT2D eigenvalue weighted by molar-refractivity contribution is -0.141. The molecule has 10 heteroatoms. The summed E-state index contributed by atoms with van der Waals surface area (Å²) in [6, 6.07) is 8.21. The third-order valence-corrected chi connectivity index (χ3v) is 5.10. The van der Waals surface area contributed by atoms with E-state index < -0.39 is 11.9 Å². The SMILES string of the molecule is Cc1cccc(C)c1Nc1nc2c(Nc3ccc(C(F)(F)F)nc3)ncnc2s1. The Balaban J connectivity index is 1.63. The molecule has 0 aliphatic rings. The minimum atomic E-state index is -4.48. The molecule has 2 N–H and O–H groups in total. The highest BCUT2D eigenvalue weighted by Crippen LogP contribution is 2.33. The van der Waals surface area contributed by atoms with E-state index in [0.717, 1.165) is 29.1 Å². The number of hydrogen-bond donors (Lipinski definition) is 2. The van der Waals surface area contributed by atoms with Crippen LogP contribution in [-0.2, 0) is 6.18 Å². The third kappa shape index (κ3) is 3.97. The van der Waals surface area contributed by atoms with Gasteiger partial charge in [-0.2, -0.15) is 13.2 Å². The van der Waals surface area contributed by atoms with Crippen LogP contribution in [0.25, 0.3) is 10.3 Å². The number of aryl methyl sites for hydroxylation is 2. The highest BCUT2D eigenvalue weighted by atomic mass is 32.1. The van der Waals surface area contributed by atoms with E-state index in [4.69, 9.17) is 0 Å². The molecule has 0 atom stereocenters. The van der Waals surface area contributed by atoms with Gasteiger partial charge in [-0.3, -0.25) is 0 Å². The van der Waals surface area contributed by atoms with E-state index in [1.165, 1.54) is 23.7 Å². The molecule has 4 rings (SSSR count). The van der Waals surface area contributed by atoms with Gasteiger partial charge in [-0.25, -0.2) is 19.9 Å². The molecule has 3 aromatic heterocycles. The second-order valence-electron chi connectivity index (χ2n) is 6.34. The number of aromatic nitrogens is 4. The highest BCUT2D eigenvalue weighted by Gasteiger charge is 2.32. The van der Waals surface area contributed by atoms with Crippen LogP contribution in [0.15, 0.2) is 42.9 Å². The number of rotatable bonds is 4. The number of nitrogens with one attached hydrogen (secondary N) is 2. The van der Waals surface area contributed by atoms with Crippen LogP contribution < -0.4 is 10.6 Å². The summed E-state index contributed by atoms with van der Waals surface area (Å²) in [5, 5.41) is 6.93. The molecular formula is C19H15F3N6S. The van der Waals surface area contributed by atoms with Crippen molar-refractivity contribution >= 4 is 44.0 Å². The maximum absolute atomic E-state index is 12.7. The number of benzene rings is 1. The van der Waals surface area contributed by atoms with Crippen molar-refractivity contribution < 1.29 is 13.2 Å². The molecule has 6 nitrogen and oxygen atoms in total. The number of halogens is 3. The molecule has 29 heavy (non-hydrogen) atoms. The van der Waals surface area contributed by atoms with Crippen molar-refractivity contribution in [1.82, 2.24) is 19.9 Å². The summed E-state index contributed by atoms with van der Waals surface area (Å²) in [5.41, 5.74) is 3.08. The van der Waals surface area contributed by atoms with Crippen LogP contribution in [0.4, 0.5) is 35.5 Å². The lowest BCUT2D eigenvalue weighted by Crippen LogP contribution is -2.07. The van der Waals surface area contributed by atoms with Gasteiger partial charge in [0, 0.05) is 5.69 Å². The van der Waals surface area contributed by atoms with E-state index in [0.29, 0.717) is 27.0 Å². The molecule has 0 saturated carbocycles. The number of pyridine rings is 1. The Labute approximate surface area is 167 Å². The quantitative estimate of drug-likeness (QED) is 0.451. The fourth-order valence-electron chi connectivity index (χ4n) is 2.79. The number of alkyl halides is 3. The Morgan fingerprint density at radius 1 is 0.931 bits per heavy atom. The Bertz CT molecular complexity index is 1150. The molecular weight excluding hydrogens is 401 g/mol. The minimum absolute atomic E-state index is 0.371. The summed E-state index contributed by atoms with van der Waals surface area (Å²) < 4.78 is 38.0. The highest BCUT2D eigenvalue weighted by molar-refractivity contribution is 7.21. The first-order chi connectivity index (χ1) is 13.8. The first kappa shape index (κ1) is 19.1. The Hall–Kier alpha value is -3.27. The van der Waals surface area contributed by atoms with Gasteiger partial charge in [-0.05, 0) is 37.1 Å². The Morgan fingerprint density at radius 3 is 2.34 bits per heavy atom. The standard InChI is InChI=1S/C19H15F3N6S/c1-10-4-3-5-11(2)14(10)27-18-28-15-16(24-9-25-17(15)29-18)26-12-6-7-13(23-8-12)19(20,21)22/h3-9H,1-2H3,(H,27,28)(H,24,25,26). The van der Waals surface area contributed by atoms with E-state index >= 15 is 0 Å². The van der Waals surface area contributed by atoms with Gasteiger partial charge in [0.25, 0.3) is 0 Å². The molecule has 0 saturated heterocycles. The maximum atomic E-state index is 12.7. The maximum Gasteiger partial charge on any atom is 0.433 e. The smallest absolute Gasteiger partial charge is 0.337 e. The number of hydrogen-bond acceptors (Lipinski definition) is 7. The van der Waals surface area contributed by atoms with Gasteiger partial charge < -0.3 is 10.6 Å². The van der Waals surface area contributed by atoms with Crippen LogP contribution in [0, 0.1) is 13.8 Å². The number of para-hydroxylation sites is 1. The Kier molecular flexibility index (Phi) is 4.79. The lowest BCUT2D eigenvalue weighted by Gasteiger charge is -2.09. The summed E-state index contributed by atoms with van der Waals surface area (Å²) in [7, 11) is 0. The predicted octanol–water partition coefficient (Wildman–Crippen LogP) is 5.60. The van der Waals surface area contributed by atoms with Crippen LogP contribution in [0.1, 0.15) is 16.8 Å². The average Bonchev–Trinajstić information content (AvgIpc) is 3.08. The molecule has 0 fully saturated rings. The fourth-order valence-corrected chi connectivity index (χ4v) is 3.60. The molecule has 0 spiro atoms. The molecule has 0 bridgehead atoms. The largest absolute Gasteiger partial charge is 0.433 e. The van der Waals surface area contributed by atoms with Gasteiger partial charge in [-0.15, -0.1) is 0 Å². The first-order valence-corrected chi connectivity index (χ1v) is 9.38. The van der Waals surface area contributed by atoms with E-state index in [1.807, 2.05) is 32.0 Å². The van der Waals surface area contributed by atoms with E-state index in [-0.39, 0.29) is 0 Å². The number of fused-ring (bicyclic) bond motifs is 1. The third-order valence-electron chi connectivity index (χ3n) is 4.23. The van der Waals surface area contributed by atoms with E-state index in [1.54, 1.807) is 0 Å². The Morgan fingerprint density at radius 2 is 1.69 bits per heavy atom. The van der Waals surface area contributed by atoms with E-state index in [2.05, 4.69) is 30.6 Å². The topological polar surface area (TPSA) is 75.6 Å². The molecule has 1 aromatic carbocycles. The van der Waals surface area contributed by atoms with Crippen LogP contribution in [0.2, 0.25) is 0 Å². The van der Waals surface area contributed by atoms with Crippen molar-refractivity contribution in [2.24, 2.45) is 0 Å². The number of nitrogens with zero attached hydrogens (tertiary/aromatic N) is 4. The van der Waals surface area contributed by atoms with Crippen molar-refractivity contribution in [3.05, 3.63) is 59.7 Å². The summed E-state index contributed by atoms with van der Waals surface area (Å²) in [4.78, 5) is 17.1. The molecule has 4 aromatic rings. The van der Waals surface area contributed by atoms with Crippen molar-refractivity contribution in [3.8, 4) is 0 Å². The lowest BCUT2D eigenvalue weighted by atomic mass is 10.1. The van der Waals surface area contributed by atoms with Crippen molar-refractivity contribution in [1.29, 1.82) is 0 Å². The molecule has 0 unspecified atom stereocenters. The number of anilines is 4. The zero-order valence-corrected chi connectivity index (χ0v) is 16.2. The molecule has 0 aliphatic carbocycles. The van der Waals surface area contributed by atoms with Crippen molar-refractivity contribution in [2.45, 2.75) is 20.0 Å². The minimum Gasteiger partial charge on any atom is -0.337 e. The van der Waals surface area contributed by atoms with Crippen LogP contribution in [0.3, 0.4) is 0 Å². The second-order valence-corrected chi connectivity index (χ2v) is 7.32. The normalized spacial score (nSPS) is 11.6. The zero-order chi connectivity index (χ0) is 20.6. The fraction of sp³-hybridized carbons (Fsp3) is 0.158. The van der Waals surface area contributed by atoms with Crippen LogP contribution in [-0.4, -0.2) is 19.9 Å². The van der Waals surface area contributed by atoms with Crippen LogP contribution in [0.5, 0.6) is 0 Å². The van der Waals surface area contributed by atoms with Gasteiger partial charge in [0.05, 0.1) is 11.9 Å². The van der Waals surface area contributed by atoms with Gasteiger partial charge in [-0.1, -0.05) is 29.5 Å².